The second-order valence-corrected chi connectivity index (χ2v) is 3.73. The summed E-state index contributed by atoms with van der Waals surface area (Å²) in [6.45, 7) is 0. The smallest absolute Gasteiger partial charge is 0.166 e. The maximum atomic E-state index is 12.0. The number of benzene rings is 2. The first-order valence-corrected chi connectivity index (χ1v) is 5.63. The van der Waals surface area contributed by atoms with E-state index in [9.17, 15) is 13.2 Å². The first-order chi connectivity index (χ1) is 9.47. The van der Waals surface area contributed by atoms with E-state index in [1.54, 1.807) is 0 Å². The molecule has 0 N–H and O–H groups in total. The van der Waals surface area contributed by atoms with E-state index in [-0.39, 0.29) is 5.56 Å². The Morgan fingerprint density at radius 1 is 0.750 bits per heavy atom. The van der Waals surface area contributed by atoms with Crippen LogP contribution in [0.15, 0.2) is 54.6 Å². The Morgan fingerprint density at radius 2 is 1.30 bits per heavy atom. The number of hydrogen-bond acceptors (Lipinski definition) is 0. The summed E-state index contributed by atoms with van der Waals surface area (Å²) in [7, 11) is 0. The van der Waals surface area contributed by atoms with Crippen LogP contribution in [-0.2, 0) is 6.18 Å². The van der Waals surface area contributed by atoms with Crippen molar-refractivity contribution >= 4 is 0 Å². The molecule has 2 aromatic rings. The third kappa shape index (κ3) is 4.92. The molecule has 0 spiro atoms. The van der Waals surface area contributed by atoms with Gasteiger partial charge in [0.25, 0.3) is 0 Å². The van der Waals surface area contributed by atoms with Crippen molar-refractivity contribution in [1.29, 1.82) is 0 Å². The van der Waals surface area contributed by atoms with Gasteiger partial charge in [-0.2, -0.15) is 13.2 Å². The number of terminal acetylenes is 2. The van der Waals surface area contributed by atoms with E-state index in [0.717, 1.165) is 17.7 Å². The maximum Gasteiger partial charge on any atom is 0.416 e. The maximum absolute atomic E-state index is 12.0. The molecule has 0 bridgehead atoms. The number of alkyl halides is 3. The average Bonchev–Trinajstić information content (AvgIpc) is 2.48. The largest absolute Gasteiger partial charge is 0.416 e. The Bertz CT molecular complexity index is 626. The Labute approximate surface area is 116 Å². The van der Waals surface area contributed by atoms with Gasteiger partial charge in [0.15, 0.2) is 0 Å². The van der Waals surface area contributed by atoms with Crippen molar-refractivity contribution in [2.45, 2.75) is 6.18 Å². The van der Waals surface area contributed by atoms with Crippen LogP contribution in [0, 0.1) is 24.7 Å². The highest BCUT2D eigenvalue weighted by Gasteiger charge is 2.30. The highest BCUT2D eigenvalue weighted by atomic mass is 19.4. The average molecular weight is 272 g/mol. The fraction of sp³-hybridized carbons (Fsp3) is 0.0588. The summed E-state index contributed by atoms with van der Waals surface area (Å²) < 4.78 is 36.1. The predicted octanol–water partition coefficient (Wildman–Crippen LogP) is 4.35. The van der Waals surface area contributed by atoms with Gasteiger partial charge in [0.2, 0.25) is 0 Å². The van der Waals surface area contributed by atoms with Crippen LogP contribution < -0.4 is 0 Å². The van der Waals surface area contributed by atoms with Gasteiger partial charge in [-0.25, -0.2) is 0 Å². The van der Waals surface area contributed by atoms with Crippen molar-refractivity contribution in [3.8, 4) is 24.7 Å². The highest BCUT2D eigenvalue weighted by Crippen LogP contribution is 2.29. The van der Waals surface area contributed by atoms with Gasteiger partial charge in [0.05, 0.1) is 5.56 Å². The van der Waals surface area contributed by atoms with Gasteiger partial charge in [-0.15, -0.1) is 12.8 Å². The van der Waals surface area contributed by atoms with Crippen LogP contribution in [0.3, 0.4) is 0 Å². The van der Waals surface area contributed by atoms with Crippen LogP contribution in [0.25, 0.3) is 0 Å². The van der Waals surface area contributed by atoms with Crippen molar-refractivity contribution in [3.63, 3.8) is 0 Å². The molecule has 0 nitrogen and oxygen atoms in total. The first kappa shape index (κ1) is 15.4. The van der Waals surface area contributed by atoms with Gasteiger partial charge in [-0.1, -0.05) is 36.1 Å². The molecular formula is C17H11F3. The summed E-state index contributed by atoms with van der Waals surface area (Å²) in [6.07, 6.45) is 5.73. The van der Waals surface area contributed by atoms with Gasteiger partial charge in [0.1, 0.15) is 0 Å². The molecule has 20 heavy (non-hydrogen) atoms. The van der Waals surface area contributed by atoms with Crippen molar-refractivity contribution in [3.05, 3.63) is 71.3 Å². The van der Waals surface area contributed by atoms with Crippen molar-refractivity contribution in [2.24, 2.45) is 0 Å². The molecule has 0 saturated carbocycles. The van der Waals surface area contributed by atoms with E-state index in [4.69, 9.17) is 12.8 Å². The summed E-state index contributed by atoms with van der Waals surface area (Å²) >= 11 is 0. The van der Waals surface area contributed by atoms with Crippen LogP contribution in [0.4, 0.5) is 13.2 Å². The minimum Gasteiger partial charge on any atom is -0.166 e. The lowest BCUT2D eigenvalue weighted by Crippen LogP contribution is -2.04. The lowest BCUT2D eigenvalue weighted by Gasteiger charge is -2.05. The molecule has 100 valence electrons. The van der Waals surface area contributed by atoms with Gasteiger partial charge in [0, 0.05) is 11.1 Å². The molecule has 0 heterocycles. The van der Waals surface area contributed by atoms with E-state index in [0.29, 0.717) is 0 Å². The van der Waals surface area contributed by atoms with Crippen LogP contribution in [0.1, 0.15) is 16.7 Å². The molecule has 0 aliphatic heterocycles. The molecule has 0 saturated heterocycles. The highest BCUT2D eigenvalue weighted by molar-refractivity contribution is 5.36. The standard InChI is InChI=1S/C9H5F3.C8H6/c1-2-7-4-3-5-8(6-7)9(10,11)12;1-2-8-6-4-3-5-7-8/h1,3-6H;1,3-7H. The number of hydrogen-bond donors (Lipinski definition) is 0. The van der Waals surface area contributed by atoms with E-state index in [2.05, 4.69) is 11.8 Å². The monoisotopic (exact) mass is 272 g/mol. The third-order valence-corrected chi connectivity index (χ3v) is 2.30. The van der Waals surface area contributed by atoms with Gasteiger partial charge < -0.3 is 0 Å². The SMILES string of the molecule is C#Cc1cccc(C(F)(F)F)c1.C#Cc1ccccc1. The molecule has 2 rings (SSSR count). The minimum atomic E-state index is -4.31. The Morgan fingerprint density at radius 3 is 1.75 bits per heavy atom. The minimum absolute atomic E-state index is 0.241. The van der Waals surface area contributed by atoms with Crippen LogP contribution in [-0.4, -0.2) is 0 Å². The van der Waals surface area contributed by atoms with Gasteiger partial charge in [-0.05, 0) is 30.3 Å². The van der Waals surface area contributed by atoms with Gasteiger partial charge >= 0.3 is 6.18 Å². The number of rotatable bonds is 0. The van der Waals surface area contributed by atoms with E-state index in [1.807, 2.05) is 30.3 Å². The molecular weight excluding hydrogens is 261 g/mol. The first-order valence-electron chi connectivity index (χ1n) is 5.63. The van der Waals surface area contributed by atoms with Crippen molar-refractivity contribution < 1.29 is 13.2 Å². The summed E-state index contributed by atoms with van der Waals surface area (Å²) in [6, 6.07) is 14.3. The molecule has 0 amide bonds. The fourth-order valence-electron chi connectivity index (χ4n) is 1.32. The molecule has 0 unspecified atom stereocenters. The van der Waals surface area contributed by atoms with E-state index in [1.165, 1.54) is 12.1 Å². The molecule has 0 radical (unpaired) electrons. The normalized spacial score (nSPS) is 9.65. The molecule has 3 heteroatoms. The topological polar surface area (TPSA) is 0 Å². The summed E-state index contributed by atoms with van der Waals surface area (Å²) in [5.74, 6) is 4.67. The van der Waals surface area contributed by atoms with Crippen LogP contribution in [0.2, 0.25) is 0 Å². The summed E-state index contributed by atoms with van der Waals surface area (Å²) in [5.41, 5.74) is 0.468. The van der Waals surface area contributed by atoms with Crippen molar-refractivity contribution in [1.82, 2.24) is 0 Å². The number of halogens is 3. The zero-order valence-corrected chi connectivity index (χ0v) is 10.5. The van der Waals surface area contributed by atoms with Crippen LogP contribution >= 0.6 is 0 Å². The Balaban J connectivity index is 0.000000217. The quantitative estimate of drug-likeness (QED) is 0.625. The zero-order valence-electron chi connectivity index (χ0n) is 10.5. The predicted molar refractivity (Wildman–Crippen MR) is 73.8 cm³/mol. The zero-order chi connectivity index (χ0) is 15.0. The molecule has 0 atom stereocenters. The molecule has 0 aliphatic carbocycles. The Hall–Kier alpha value is -2.65. The molecule has 0 aromatic heterocycles. The lowest BCUT2D eigenvalue weighted by molar-refractivity contribution is -0.137. The fourth-order valence-corrected chi connectivity index (χ4v) is 1.32. The second kappa shape index (κ2) is 7.07. The lowest BCUT2D eigenvalue weighted by atomic mass is 10.1. The van der Waals surface area contributed by atoms with Crippen LogP contribution in [0.5, 0.6) is 0 Å². The third-order valence-electron chi connectivity index (χ3n) is 2.30. The van der Waals surface area contributed by atoms with E-state index >= 15 is 0 Å². The van der Waals surface area contributed by atoms with E-state index < -0.39 is 11.7 Å². The molecule has 0 fully saturated rings. The summed E-state index contributed by atoms with van der Waals surface area (Å²) in [4.78, 5) is 0. The van der Waals surface area contributed by atoms with Gasteiger partial charge in [-0.3, -0.25) is 0 Å². The molecule has 2 aromatic carbocycles. The van der Waals surface area contributed by atoms with Crippen molar-refractivity contribution in [2.75, 3.05) is 0 Å². The second-order valence-electron chi connectivity index (χ2n) is 3.73. The summed E-state index contributed by atoms with van der Waals surface area (Å²) in [5, 5.41) is 0. The Kier molecular flexibility index (Phi) is 5.44. The molecule has 0 aliphatic rings.